The van der Waals surface area contributed by atoms with E-state index in [0.717, 1.165) is 22.5 Å². The number of anilines is 2. The molecule has 32 heavy (non-hydrogen) atoms. The molecule has 0 radical (unpaired) electrons. The molecule has 0 saturated heterocycles. The van der Waals surface area contributed by atoms with Gasteiger partial charge in [0.05, 0.1) is 0 Å². The van der Waals surface area contributed by atoms with Crippen molar-refractivity contribution in [1.82, 2.24) is 15.2 Å². The van der Waals surface area contributed by atoms with Crippen molar-refractivity contribution >= 4 is 49.7 Å². The Hall–Kier alpha value is -3.34. The molecular weight excluding hydrogens is 470 g/mol. The summed E-state index contributed by atoms with van der Waals surface area (Å²) in [6, 6.07) is 17.2. The van der Waals surface area contributed by atoms with Gasteiger partial charge in [-0.3, -0.25) is 19.8 Å². The van der Waals surface area contributed by atoms with Gasteiger partial charge in [0.15, 0.2) is 0 Å². The van der Waals surface area contributed by atoms with Gasteiger partial charge < -0.3 is 0 Å². The molecule has 0 fully saturated rings. The van der Waals surface area contributed by atoms with Crippen molar-refractivity contribution in [3.8, 4) is 0 Å². The first kappa shape index (κ1) is 21.9. The van der Waals surface area contributed by atoms with Gasteiger partial charge >= 0.3 is 0 Å². The van der Waals surface area contributed by atoms with Crippen molar-refractivity contribution in [2.45, 2.75) is 10.8 Å². The van der Waals surface area contributed by atoms with Gasteiger partial charge in [0.25, 0.3) is 20.3 Å². The fourth-order valence-corrected chi connectivity index (χ4v) is 4.85. The summed E-state index contributed by atoms with van der Waals surface area (Å²) < 4.78 is 27.5. The Bertz CT molecular complexity index is 1330. The van der Waals surface area contributed by atoms with Crippen LogP contribution in [0.25, 0.3) is 0 Å². The summed E-state index contributed by atoms with van der Waals surface area (Å²) in [6.07, 6.45) is 4.17. The van der Waals surface area contributed by atoms with Crippen LogP contribution in [0.15, 0.2) is 77.4 Å². The molecule has 0 unspecified atom stereocenters. The lowest BCUT2D eigenvalue weighted by molar-refractivity contribution is 0.102. The molecule has 0 spiro atoms. The van der Waals surface area contributed by atoms with Crippen LogP contribution >= 0.6 is 22.9 Å². The Labute approximate surface area is 193 Å². The van der Waals surface area contributed by atoms with Crippen molar-refractivity contribution in [3.63, 3.8) is 0 Å². The number of hydrogen-bond acceptors (Lipinski definition) is 7. The fourth-order valence-electron chi connectivity index (χ4n) is 2.77. The van der Waals surface area contributed by atoms with E-state index in [9.17, 15) is 13.2 Å². The monoisotopic (exact) mass is 485 g/mol. The summed E-state index contributed by atoms with van der Waals surface area (Å²) in [5.74, 6) is -0.445. The highest BCUT2D eigenvalue weighted by molar-refractivity contribution is 7.94. The maximum Gasteiger partial charge on any atom is 0.291 e. The summed E-state index contributed by atoms with van der Waals surface area (Å²) in [6.45, 7) is 0. The number of benzene rings is 2. The van der Waals surface area contributed by atoms with Crippen LogP contribution in [0.3, 0.4) is 0 Å². The third kappa shape index (κ3) is 5.47. The van der Waals surface area contributed by atoms with Crippen LogP contribution in [0.5, 0.6) is 0 Å². The first-order valence-corrected chi connectivity index (χ1v) is 12.0. The number of nitrogens with one attached hydrogen (secondary N) is 2. The first-order chi connectivity index (χ1) is 15.4. The van der Waals surface area contributed by atoms with E-state index in [1.165, 1.54) is 0 Å². The second-order valence-electron chi connectivity index (χ2n) is 6.67. The lowest BCUT2D eigenvalue weighted by Crippen LogP contribution is -2.12. The highest BCUT2D eigenvalue weighted by Crippen LogP contribution is 2.24. The molecule has 2 heterocycles. The smallest absolute Gasteiger partial charge is 0.291 e. The highest BCUT2D eigenvalue weighted by Gasteiger charge is 2.21. The zero-order valence-electron chi connectivity index (χ0n) is 16.4. The second-order valence-corrected chi connectivity index (χ2v) is 9.94. The minimum Gasteiger partial charge on any atom is -0.296 e. The Morgan fingerprint density at radius 3 is 2.25 bits per heavy atom. The maximum atomic E-state index is 12.6. The van der Waals surface area contributed by atoms with Crippen LogP contribution in [-0.4, -0.2) is 29.5 Å². The third-order valence-electron chi connectivity index (χ3n) is 4.33. The molecule has 0 aliphatic carbocycles. The predicted molar refractivity (Wildman–Crippen MR) is 124 cm³/mol. The lowest BCUT2D eigenvalue weighted by atomic mass is 10.1. The fraction of sp³-hybridized carbons (Fsp3) is 0.0476. The molecule has 0 aliphatic rings. The second kappa shape index (κ2) is 9.43. The zero-order valence-corrected chi connectivity index (χ0v) is 18.8. The van der Waals surface area contributed by atoms with Gasteiger partial charge in [0, 0.05) is 28.7 Å². The predicted octanol–water partition coefficient (Wildman–Crippen LogP) is 4.23. The van der Waals surface area contributed by atoms with Gasteiger partial charge in [-0.05, 0) is 66.1 Å². The maximum absolute atomic E-state index is 12.6. The normalized spacial score (nSPS) is 11.2. The van der Waals surface area contributed by atoms with Crippen LogP contribution < -0.4 is 10.0 Å². The lowest BCUT2D eigenvalue weighted by Gasteiger charge is -2.07. The minimum absolute atomic E-state index is 0.0676. The first-order valence-electron chi connectivity index (χ1n) is 9.30. The van der Waals surface area contributed by atoms with Gasteiger partial charge in [0.1, 0.15) is 0 Å². The standard InChI is InChI=1S/C21H16ClN5O3S2/c22-17-5-3-16(4-6-17)19(28)24-20-25-26-21(31-20)32(29,30)27-18-7-1-14(2-8-18)13-15-9-11-23-12-10-15/h1-12,27H,13H2,(H,24,25,28). The van der Waals surface area contributed by atoms with Crippen LogP contribution in [0, 0.1) is 0 Å². The van der Waals surface area contributed by atoms with Crippen LogP contribution in [0.1, 0.15) is 21.5 Å². The van der Waals surface area contributed by atoms with Gasteiger partial charge in [0.2, 0.25) is 5.13 Å². The van der Waals surface area contributed by atoms with Crippen molar-refractivity contribution in [3.05, 3.63) is 94.8 Å². The highest BCUT2D eigenvalue weighted by atomic mass is 35.5. The third-order valence-corrected chi connectivity index (χ3v) is 7.17. The Morgan fingerprint density at radius 1 is 0.906 bits per heavy atom. The minimum atomic E-state index is -3.95. The SMILES string of the molecule is O=C(Nc1nnc(S(=O)(=O)Nc2ccc(Cc3ccncc3)cc2)s1)c1ccc(Cl)cc1. The van der Waals surface area contributed by atoms with E-state index in [1.54, 1.807) is 48.8 Å². The van der Waals surface area contributed by atoms with E-state index in [0.29, 0.717) is 22.7 Å². The molecule has 4 rings (SSSR count). The summed E-state index contributed by atoms with van der Waals surface area (Å²) in [5, 5.41) is 10.5. The number of aromatic nitrogens is 3. The molecule has 162 valence electrons. The molecule has 0 saturated carbocycles. The van der Waals surface area contributed by atoms with Crippen molar-refractivity contribution in [2.75, 3.05) is 10.0 Å². The average Bonchev–Trinajstić information content (AvgIpc) is 3.26. The van der Waals surface area contributed by atoms with E-state index >= 15 is 0 Å². The van der Waals surface area contributed by atoms with E-state index in [4.69, 9.17) is 11.6 Å². The number of rotatable bonds is 7. The molecule has 0 aliphatic heterocycles. The van der Waals surface area contributed by atoms with E-state index in [2.05, 4.69) is 25.2 Å². The molecule has 1 amide bonds. The summed E-state index contributed by atoms with van der Waals surface area (Å²) in [5.41, 5.74) is 2.89. The van der Waals surface area contributed by atoms with Crippen molar-refractivity contribution < 1.29 is 13.2 Å². The van der Waals surface area contributed by atoms with Gasteiger partial charge in [-0.1, -0.05) is 35.1 Å². The molecule has 0 bridgehead atoms. The summed E-state index contributed by atoms with van der Waals surface area (Å²) in [4.78, 5) is 16.2. The largest absolute Gasteiger partial charge is 0.296 e. The number of sulfonamides is 1. The van der Waals surface area contributed by atoms with E-state index in [-0.39, 0.29) is 9.47 Å². The van der Waals surface area contributed by atoms with Crippen LogP contribution in [-0.2, 0) is 16.4 Å². The average molecular weight is 486 g/mol. The number of carbonyl (C=O) groups is 1. The molecular formula is C21H16ClN5O3S2. The summed E-state index contributed by atoms with van der Waals surface area (Å²) >= 11 is 6.57. The number of halogens is 1. The van der Waals surface area contributed by atoms with Crippen LogP contribution in [0.4, 0.5) is 10.8 Å². The number of carbonyl (C=O) groups excluding carboxylic acids is 1. The van der Waals surface area contributed by atoms with Crippen molar-refractivity contribution in [2.24, 2.45) is 0 Å². The summed E-state index contributed by atoms with van der Waals surface area (Å²) in [7, 11) is -3.95. The number of nitrogens with zero attached hydrogens (tertiary/aromatic N) is 3. The molecule has 8 nitrogen and oxygen atoms in total. The zero-order chi connectivity index (χ0) is 22.6. The number of amides is 1. The number of hydrogen-bond donors (Lipinski definition) is 2. The Morgan fingerprint density at radius 2 is 1.56 bits per heavy atom. The quantitative estimate of drug-likeness (QED) is 0.378. The van der Waals surface area contributed by atoms with Crippen LogP contribution in [0.2, 0.25) is 5.02 Å². The van der Waals surface area contributed by atoms with Gasteiger partial charge in [-0.15, -0.1) is 10.2 Å². The molecule has 11 heteroatoms. The molecule has 2 aromatic heterocycles. The van der Waals surface area contributed by atoms with Gasteiger partial charge in [-0.2, -0.15) is 8.42 Å². The van der Waals surface area contributed by atoms with Gasteiger partial charge in [-0.25, -0.2) is 0 Å². The molecule has 2 N–H and O–H groups in total. The van der Waals surface area contributed by atoms with E-state index in [1.807, 2.05) is 24.3 Å². The Balaban J connectivity index is 1.41. The molecule has 4 aromatic rings. The van der Waals surface area contributed by atoms with E-state index < -0.39 is 15.9 Å². The van der Waals surface area contributed by atoms with Crippen molar-refractivity contribution in [1.29, 1.82) is 0 Å². The molecule has 2 aromatic carbocycles. The number of pyridine rings is 1. The topological polar surface area (TPSA) is 114 Å². The molecule has 0 atom stereocenters. The Kier molecular flexibility index (Phi) is 6.45.